The van der Waals surface area contributed by atoms with Gasteiger partial charge in [0.25, 0.3) is 0 Å². The topological polar surface area (TPSA) is 32.3 Å². The summed E-state index contributed by atoms with van der Waals surface area (Å²) < 4.78 is 0. The van der Waals surface area contributed by atoms with Gasteiger partial charge in [-0.15, -0.1) is 0 Å². The highest BCUT2D eigenvalue weighted by atomic mass is 16.3. The highest BCUT2D eigenvalue weighted by Crippen LogP contribution is 2.68. The van der Waals surface area contributed by atoms with E-state index in [1.54, 1.807) is 12.1 Å². The molecule has 1 atom stereocenters. The van der Waals surface area contributed by atoms with E-state index in [-0.39, 0.29) is 0 Å². The first kappa shape index (κ1) is 13.4. The lowest BCUT2D eigenvalue weighted by atomic mass is 10.0. The average Bonchev–Trinajstić information content (AvgIpc) is 2.67. The Balaban J connectivity index is 1.90. The Morgan fingerprint density at radius 3 is 2.06 bits per heavy atom. The molecule has 0 radical (unpaired) electrons. The standard InChI is InChI=1S/C16H25NO/c1-11(12-6-8-13(18)9-7-12)17-10-14-15(2,3)16(14,4)5/h6-9,11,14,17-18H,10H2,1-5H3. The van der Waals surface area contributed by atoms with Crippen LogP contribution >= 0.6 is 0 Å². The molecule has 2 N–H and O–H groups in total. The second-order valence-corrected chi connectivity index (χ2v) is 6.72. The van der Waals surface area contributed by atoms with Gasteiger partial charge in [0.05, 0.1) is 0 Å². The summed E-state index contributed by atoms with van der Waals surface area (Å²) in [6, 6.07) is 7.79. The SMILES string of the molecule is CC(NCC1C(C)(C)C1(C)C)c1ccc(O)cc1. The van der Waals surface area contributed by atoms with Crippen molar-refractivity contribution in [1.82, 2.24) is 5.32 Å². The first-order valence-corrected chi connectivity index (χ1v) is 6.79. The molecular formula is C16H25NO. The van der Waals surface area contributed by atoms with E-state index in [9.17, 15) is 5.11 Å². The van der Waals surface area contributed by atoms with Crippen molar-refractivity contribution in [2.45, 2.75) is 40.7 Å². The molecule has 0 bridgehead atoms. The first-order valence-electron chi connectivity index (χ1n) is 6.79. The van der Waals surface area contributed by atoms with Crippen molar-refractivity contribution in [3.05, 3.63) is 29.8 Å². The summed E-state index contributed by atoms with van der Waals surface area (Å²) in [5, 5.41) is 12.9. The van der Waals surface area contributed by atoms with E-state index in [0.29, 0.717) is 22.6 Å². The van der Waals surface area contributed by atoms with E-state index in [1.807, 2.05) is 12.1 Å². The van der Waals surface area contributed by atoms with Crippen LogP contribution in [0.3, 0.4) is 0 Å². The van der Waals surface area contributed by atoms with E-state index in [4.69, 9.17) is 0 Å². The number of aromatic hydroxyl groups is 1. The van der Waals surface area contributed by atoms with Gasteiger partial charge >= 0.3 is 0 Å². The molecule has 1 saturated carbocycles. The Morgan fingerprint density at radius 2 is 1.61 bits per heavy atom. The van der Waals surface area contributed by atoms with Crippen LogP contribution in [0.5, 0.6) is 5.75 Å². The predicted octanol–water partition coefficient (Wildman–Crippen LogP) is 3.73. The van der Waals surface area contributed by atoms with E-state index >= 15 is 0 Å². The predicted molar refractivity (Wildman–Crippen MR) is 75.6 cm³/mol. The van der Waals surface area contributed by atoms with Crippen LogP contribution in [0, 0.1) is 16.7 Å². The van der Waals surface area contributed by atoms with Crippen molar-refractivity contribution in [3.63, 3.8) is 0 Å². The highest BCUT2D eigenvalue weighted by Gasteiger charge is 2.63. The Morgan fingerprint density at radius 1 is 1.11 bits per heavy atom. The van der Waals surface area contributed by atoms with Crippen molar-refractivity contribution in [3.8, 4) is 5.75 Å². The second kappa shape index (κ2) is 4.27. The summed E-state index contributed by atoms with van der Waals surface area (Å²) >= 11 is 0. The molecule has 1 aromatic rings. The largest absolute Gasteiger partial charge is 0.508 e. The number of nitrogens with one attached hydrogen (secondary N) is 1. The molecule has 2 rings (SSSR count). The Hall–Kier alpha value is -1.02. The molecule has 1 aliphatic rings. The fourth-order valence-corrected chi connectivity index (χ4v) is 3.02. The number of rotatable bonds is 4. The van der Waals surface area contributed by atoms with Gasteiger partial charge in [-0.3, -0.25) is 0 Å². The van der Waals surface area contributed by atoms with Crippen LogP contribution in [0.2, 0.25) is 0 Å². The minimum absolute atomic E-state index is 0.329. The summed E-state index contributed by atoms with van der Waals surface area (Å²) in [5.74, 6) is 1.07. The molecule has 0 amide bonds. The minimum Gasteiger partial charge on any atom is -0.508 e. The number of hydrogen-bond acceptors (Lipinski definition) is 2. The number of hydrogen-bond donors (Lipinski definition) is 2. The zero-order valence-electron chi connectivity index (χ0n) is 12.1. The maximum Gasteiger partial charge on any atom is 0.115 e. The Kier molecular flexibility index (Phi) is 3.18. The molecule has 2 heteroatoms. The first-order chi connectivity index (χ1) is 8.26. The van der Waals surface area contributed by atoms with E-state index in [1.165, 1.54) is 5.56 Å². The summed E-state index contributed by atoms with van der Waals surface area (Å²) in [4.78, 5) is 0. The third-order valence-electron chi connectivity index (χ3n) is 5.34. The second-order valence-electron chi connectivity index (χ2n) is 6.72. The molecule has 2 nitrogen and oxygen atoms in total. The lowest BCUT2D eigenvalue weighted by molar-refractivity contribution is 0.457. The van der Waals surface area contributed by atoms with Crippen LogP contribution < -0.4 is 5.32 Å². The maximum atomic E-state index is 9.28. The summed E-state index contributed by atoms with van der Waals surface area (Å²) in [6.07, 6.45) is 0. The van der Waals surface area contributed by atoms with Gasteiger partial charge in [-0.05, 0) is 47.9 Å². The van der Waals surface area contributed by atoms with Crippen molar-refractivity contribution >= 4 is 0 Å². The fraction of sp³-hybridized carbons (Fsp3) is 0.625. The minimum atomic E-state index is 0.329. The molecule has 18 heavy (non-hydrogen) atoms. The molecule has 1 aliphatic carbocycles. The molecule has 0 saturated heterocycles. The smallest absolute Gasteiger partial charge is 0.115 e. The Bertz CT molecular complexity index is 405. The van der Waals surface area contributed by atoms with Crippen molar-refractivity contribution < 1.29 is 5.11 Å². The van der Waals surface area contributed by atoms with Crippen LogP contribution in [-0.2, 0) is 0 Å². The van der Waals surface area contributed by atoms with Gasteiger partial charge in [0.2, 0.25) is 0 Å². The number of phenolic OH excluding ortho intramolecular Hbond substituents is 1. The van der Waals surface area contributed by atoms with Gasteiger partial charge in [0, 0.05) is 6.04 Å². The highest BCUT2D eigenvalue weighted by molar-refractivity contribution is 5.27. The zero-order chi connectivity index (χ0) is 13.6. The third kappa shape index (κ3) is 2.14. The molecule has 0 heterocycles. The maximum absolute atomic E-state index is 9.28. The number of phenols is 1. The van der Waals surface area contributed by atoms with Gasteiger partial charge in [0.15, 0.2) is 0 Å². The molecule has 0 aromatic heterocycles. The third-order valence-corrected chi connectivity index (χ3v) is 5.34. The van der Waals surface area contributed by atoms with Gasteiger partial charge in [-0.1, -0.05) is 39.8 Å². The quantitative estimate of drug-likeness (QED) is 0.849. The lowest BCUT2D eigenvalue weighted by Gasteiger charge is -2.15. The van der Waals surface area contributed by atoms with Gasteiger partial charge in [-0.25, -0.2) is 0 Å². The molecule has 0 aliphatic heterocycles. The van der Waals surface area contributed by atoms with Gasteiger partial charge in [0.1, 0.15) is 5.75 Å². The fourth-order valence-electron chi connectivity index (χ4n) is 3.02. The lowest BCUT2D eigenvalue weighted by Crippen LogP contribution is -2.23. The Labute approximate surface area is 110 Å². The van der Waals surface area contributed by atoms with Crippen LogP contribution in [0.25, 0.3) is 0 Å². The van der Waals surface area contributed by atoms with Gasteiger partial charge in [-0.2, -0.15) is 0 Å². The summed E-state index contributed by atoms with van der Waals surface area (Å²) in [6.45, 7) is 12.6. The van der Waals surface area contributed by atoms with Crippen LogP contribution in [0.1, 0.15) is 46.2 Å². The van der Waals surface area contributed by atoms with Crippen molar-refractivity contribution in [2.75, 3.05) is 6.54 Å². The number of benzene rings is 1. The normalized spacial score (nSPS) is 22.7. The van der Waals surface area contributed by atoms with Crippen LogP contribution in [-0.4, -0.2) is 11.7 Å². The molecule has 0 spiro atoms. The van der Waals surface area contributed by atoms with Crippen molar-refractivity contribution in [2.24, 2.45) is 16.7 Å². The van der Waals surface area contributed by atoms with Crippen molar-refractivity contribution in [1.29, 1.82) is 0 Å². The molecule has 100 valence electrons. The molecular weight excluding hydrogens is 222 g/mol. The monoisotopic (exact) mass is 247 g/mol. The van der Waals surface area contributed by atoms with Gasteiger partial charge < -0.3 is 10.4 Å². The zero-order valence-corrected chi connectivity index (χ0v) is 12.1. The molecule has 1 unspecified atom stereocenters. The molecule has 1 aromatic carbocycles. The van der Waals surface area contributed by atoms with E-state index < -0.39 is 0 Å². The summed E-state index contributed by atoms with van der Waals surface area (Å²) in [5.41, 5.74) is 2.10. The van der Waals surface area contributed by atoms with E-state index in [0.717, 1.165) is 12.5 Å². The molecule has 1 fully saturated rings. The summed E-state index contributed by atoms with van der Waals surface area (Å²) in [7, 11) is 0. The van der Waals surface area contributed by atoms with Crippen LogP contribution in [0.15, 0.2) is 24.3 Å². The van der Waals surface area contributed by atoms with Crippen LogP contribution in [0.4, 0.5) is 0 Å². The van der Waals surface area contributed by atoms with E-state index in [2.05, 4.69) is 39.9 Å². The average molecular weight is 247 g/mol.